The Morgan fingerprint density at radius 3 is 2.07 bits per heavy atom. The van der Waals surface area contributed by atoms with E-state index in [4.69, 9.17) is 4.74 Å². The van der Waals surface area contributed by atoms with Gasteiger partial charge < -0.3 is 10.1 Å². The lowest BCUT2D eigenvalue weighted by Gasteiger charge is -2.13. The van der Waals surface area contributed by atoms with E-state index in [9.17, 15) is 0 Å². The predicted molar refractivity (Wildman–Crippen MR) is 59.7 cm³/mol. The Kier molecular flexibility index (Phi) is 3.96. The first kappa shape index (κ1) is 11.1. The van der Waals surface area contributed by atoms with Crippen LogP contribution in [0.4, 0.5) is 0 Å². The first-order chi connectivity index (χ1) is 6.63. The second-order valence-electron chi connectivity index (χ2n) is 3.75. The van der Waals surface area contributed by atoms with Crippen LogP contribution in [0.1, 0.15) is 32.4 Å². The Balaban J connectivity index is 2.68. The third-order valence-electron chi connectivity index (χ3n) is 2.18. The third kappa shape index (κ3) is 3.04. The Labute approximate surface area is 86.3 Å². The van der Waals surface area contributed by atoms with Gasteiger partial charge in [0, 0.05) is 6.04 Å². The molecule has 1 N–H and O–H groups in total. The number of rotatable bonds is 4. The van der Waals surface area contributed by atoms with Gasteiger partial charge in [0.25, 0.3) is 0 Å². The summed E-state index contributed by atoms with van der Waals surface area (Å²) in [5.74, 6) is 0.937. The molecule has 1 aromatic carbocycles. The minimum atomic E-state index is 0.238. The molecule has 0 aliphatic carbocycles. The SMILES string of the molecule is CN[C@H](C)c1ccc(OC(C)C)cc1. The fourth-order valence-corrected chi connectivity index (χ4v) is 1.27. The Morgan fingerprint density at radius 2 is 1.64 bits per heavy atom. The molecule has 1 atom stereocenters. The van der Waals surface area contributed by atoms with Crippen molar-refractivity contribution in [3.05, 3.63) is 29.8 Å². The molecular formula is C12H19NO. The van der Waals surface area contributed by atoms with E-state index < -0.39 is 0 Å². The largest absolute Gasteiger partial charge is 0.491 e. The van der Waals surface area contributed by atoms with Crippen molar-refractivity contribution in [3.8, 4) is 5.75 Å². The van der Waals surface area contributed by atoms with Gasteiger partial charge in [-0.1, -0.05) is 12.1 Å². The molecule has 14 heavy (non-hydrogen) atoms. The normalized spacial score (nSPS) is 12.9. The Bertz CT molecular complexity index is 266. The van der Waals surface area contributed by atoms with Crippen molar-refractivity contribution >= 4 is 0 Å². The average molecular weight is 193 g/mol. The molecule has 0 radical (unpaired) electrons. The summed E-state index contributed by atoms with van der Waals surface area (Å²) in [6.07, 6.45) is 0.238. The molecule has 0 aromatic heterocycles. The highest BCUT2D eigenvalue weighted by molar-refractivity contribution is 5.28. The van der Waals surface area contributed by atoms with Gasteiger partial charge in [0.15, 0.2) is 0 Å². The van der Waals surface area contributed by atoms with Crippen LogP contribution in [0.25, 0.3) is 0 Å². The van der Waals surface area contributed by atoms with Crippen molar-refractivity contribution < 1.29 is 4.74 Å². The van der Waals surface area contributed by atoms with Crippen LogP contribution in [0.2, 0.25) is 0 Å². The smallest absolute Gasteiger partial charge is 0.119 e. The summed E-state index contributed by atoms with van der Waals surface area (Å²) < 4.78 is 5.56. The van der Waals surface area contributed by atoms with E-state index in [0.29, 0.717) is 6.04 Å². The lowest BCUT2D eigenvalue weighted by molar-refractivity contribution is 0.242. The Morgan fingerprint density at radius 1 is 1.07 bits per heavy atom. The van der Waals surface area contributed by atoms with E-state index in [1.165, 1.54) is 5.56 Å². The van der Waals surface area contributed by atoms with Gasteiger partial charge in [0.1, 0.15) is 5.75 Å². The molecule has 0 bridgehead atoms. The summed E-state index contributed by atoms with van der Waals surface area (Å²) in [5, 5.41) is 3.20. The van der Waals surface area contributed by atoms with Crippen molar-refractivity contribution in [1.82, 2.24) is 5.32 Å². The standard InChI is InChI=1S/C12H19NO/c1-9(2)14-12-7-5-11(6-8-12)10(3)13-4/h5-10,13H,1-4H3/t10-/m1/s1. The maximum absolute atomic E-state index is 5.56. The van der Waals surface area contributed by atoms with E-state index in [0.717, 1.165) is 5.75 Å². The second-order valence-corrected chi connectivity index (χ2v) is 3.75. The van der Waals surface area contributed by atoms with Gasteiger partial charge in [-0.3, -0.25) is 0 Å². The maximum Gasteiger partial charge on any atom is 0.119 e. The highest BCUT2D eigenvalue weighted by atomic mass is 16.5. The molecule has 0 amide bonds. The molecule has 0 aliphatic rings. The molecule has 0 fully saturated rings. The first-order valence-electron chi connectivity index (χ1n) is 5.07. The fraction of sp³-hybridized carbons (Fsp3) is 0.500. The number of benzene rings is 1. The lowest BCUT2D eigenvalue weighted by Crippen LogP contribution is -2.12. The van der Waals surface area contributed by atoms with E-state index in [1.54, 1.807) is 0 Å². The average Bonchev–Trinajstić information content (AvgIpc) is 2.17. The summed E-state index contributed by atoms with van der Waals surface area (Å²) in [6.45, 7) is 6.20. The molecular weight excluding hydrogens is 174 g/mol. The van der Waals surface area contributed by atoms with E-state index in [-0.39, 0.29) is 6.10 Å². The number of hydrogen-bond acceptors (Lipinski definition) is 2. The van der Waals surface area contributed by atoms with Crippen LogP contribution in [0.5, 0.6) is 5.75 Å². The number of nitrogens with one attached hydrogen (secondary N) is 1. The van der Waals surface area contributed by atoms with E-state index >= 15 is 0 Å². The van der Waals surface area contributed by atoms with Crippen LogP contribution in [0.15, 0.2) is 24.3 Å². The van der Waals surface area contributed by atoms with Gasteiger partial charge in [0.05, 0.1) is 6.10 Å². The van der Waals surface area contributed by atoms with Crippen molar-refractivity contribution in [1.29, 1.82) is 0 Å². The van der Waals surface area contributed by atoms with Crippen LogP contribution in [-0.2, 0) is 0 Å². The molecule has 1 aromatic rings. The fourth-order valence-electron chi connectivity index (χ4n) is 1.27. The van der Waals surface area contributed by atoms with Crippen molar-refractivity contribution in [2.45, 2.75) is 32.9 Å². The highest BCUT2D eigenvalue weighted by Gasteiger charge is 2.02. The summed E-state index contributed by atoms with van der Waals surface area (Å²) in [4.78, 5) is 0. The minimum Gasteiger partial charge on any atom is -0.491 e. The van der Waals surface area contributed by atoms with Crippen LogP contribution >= 0.6 is 0 Å². The predicted octanol–water partition coefficient (Wildman–Crippen LogP) is 2.75. The lowest BCUT2D eigenvalue weighted by atomic mass is 10.1. The molecule has 0 unspecified atom stereocenters. The molecule has 1 rings (SSSR count). The summed E-state index contributed by atoms with van der Waals surface area (Å²) in [6, 6.07) is 8.62. The maximum atomic E-state index is 5.56. The summed E-state index contributed by atoms with van der Waals surface area (Å²) >= 11 is 0. The van der Waals surface area contributed by atoms with Gasteiger partial charge in [-0.15, -0.1) is 0 Å². The van der Waals surface area contributed by atoms with Crippen LogP contribution in [0, 0.1) is 0 Å². The third-order valence-corrected chi connectivity index (χ3v) is 2.18. The minimum absolute atomic E-state index is 0.238. The zero-order chi connectivity index (χ0) is 10.6. The van der Waals surface area contributed by atoms with Crippen molar-refractivity contribution in [2.24, 2.45) is 0 Å². The number of hydrogen-bond donors (Lipinski definition) is 1. The monoisotopic (exact) mass is 193 g/mol. The topological polar surface area (TPSA) is 21.3 Å². The van der Waals surface area contributed by atoms with E-state index in [2.05, 4.69) is 24.4 Å². The zero-order valence-electron chi connectivity index (χ0n) is 9.37. The molecule has 0 heterocycles. The van der Waals surface area contributed by atoms with Gasteiger partial charge in [0.2, 0.25) is 0 Å². The molecule has 0 aliphatic heterocycles. The van der Waals surface area contributed by atoms with Crippen LogP contribution in [-0.4, -0.2) is 13.2 Å². The van der Waals surface area contributed by atoms with Crippen LogP contribution in [0.3, 0.4) is 0 Å². The molecule has 78 valence electrons. The Hall–Kier alpha value is -1.02. The van der Waals surface area contributed by atoms with Crippen molar-refractivity contribution in [2.75, 3.05) is 7.05 Å². The van der Waals surface area contributed by atoms with Gasteiger partial charge in [-0.2, -0.15) is 0 Å². The molecule has 2 heteroatoms. The summed E-state index contributed by atoms with van der Waals surface area (Å²) in [7, 11) is 1.96. The number of ether oxygens (including phenoxy) is 1. The second kappa shape index (κ2) is 5.01. The molecule has 0 spiro atoms. The molecule has 0 saturated carbocycles. The summed E-state index contributed by atoms with van der Waals surface area (Å²) in [5.41, 5.74) is 1.28. The van der Waals surface area contributed by atoms with Crippen LogP contribution < -0.4 is 10.1 Å². The van der Waals surface area contributed by atoms with Gasteiger partial charge >= 0.3 is 0 Å². The van der Waals surface area contributed by atoms with Crippen molar-refractivity contribution in [3.63, 3.8) is 0 Å². The quantitative estimate of drug-likeness (QED) is 0.794. The molecule has 2 nitrogen and oxygen atoms in total. The van der Waals surface area contributed by atoms with Gasteiger partial charge in [-0.25, -0.2) is 0 Å². The van der Waals surface area contributed by atoms with E-state index in [1.807, 2.05) is 33.0 Å². The molecule has 0 saturated heterocycles. The zero-order valence-corrected chi connectivity index (χ0v) is 9.37. The van der Waals surface area contributed by atoms with Gasteiger partial charge in [-0.05, 0) is 45.5 Å². The highest BCUT2D eigenvalue weighted by Crippen LogP contribution is 2.17. The first-order valence-corrected chi connectivity index (χ1v) is 5.07.